The number of rotatable bonds is 5. The highest BCUT2D eigenvalue weighted by molar-refractivity contribution is 5.92. The highest BCUT2D eigenvalue weighted by atomic mass is 19.1. The van der Waals surface area contributed by atoms with E-state index in [1.54, 1.807) is 11.9 Å². The topological polar surface area (TPSA) is 52.7 Å². The van der Waals surface area contributed by atoms with Gasteiger partial charge in [-0.25, -0.2) is 4.39 Å². The Morgan fingerprint density at radius 3 is 2.45 bits per heavy atom. The summed E-state index contributed by atoms with van der Waals surface area (Å²) in [5, 5.41) is 2.69. The second-order valence-electron chi connectivity index (χ2n) is 5.68. The van der Waals surface area contributed by atoms with Crippen molar-refractivity contribution < 1.29 is 14.0 Å². The Hall–Kier alpha value is -1.95. The molecule has 0 bridgehead atoms. The van der Waals surface area contributed by atoms with Gasteiger partial charge in [-0.2, -0.15) is 0 Å². The number of likely N-dealkylation sites (N-methyl/N-ethyl adjacent to an activating group) is 1. The molecule has 1 saturated heterocycles. The van der Waals surface area contributed by atoms with Gasteiger partial charge in [0.15, 0.2) is 0 Å². The highest BCUT2D eigenvalue weighted by Crippen LogP contribution is 2.12. The molecule has 0 unspecified atom stereocenters. The molecule has 2 amide bonds. The van der Waals surface area contributed by atoms with Crippen molar-refractivity contribution in [1.82, 2.24) is 9.80 Å². The number of nitrogens with one attached hydrogen (secondary N) is 1. The molecule has 0 spiro atoms. The van der Waals surface area contributed by atoms with Gasteiger partial charge in [-0.1, -0.05) is 0 Å². The van der Waals surface area contributed by atoms with Crippen LogP contribution in [0.5, 0.6) is 0 Å². The summed E-state index contributed by atoms with van der Waals surface area (Å²) < 4.78 is 12.8. The Morgan fingerprint density at radius 2 is 1.86 bits per heavy atom. The van der Waals surface area contributed by atoms with Crippen molar-refractivity contribution in [3.05, 3.63) is 30.1 Å². The lowest BCUT2D eigenvalue weighted by Gasteiger charge is -2.27. The van der Waals surface area contributed by atoms with Gasteiger partial charge in [0, 0.05) is 18.8 Å². The average Bonchev–Trinajstić information content (AvgIpc) is 3.02. The van der Waals surface area contributed by atoms with E-state index in [1.165, 1.54) is 24.3 Å². The maximum absolute atomic E-state index is 12.8. The van der Waals surface area contributed by atoms with Crippen LogP contribution >= 0.6 is 0 Å². The minimum absolute atomic E-state index is 0.0644. The monoisotopic (exact) mass is 307 g/mol. The van der Waals surface area contributed by atoms with Gasteiger partial charge in [-0.3, -0.25) is 14.5 Å². The summed E-state index contributed by atoms with van der Waals surface area (Å²) >= 11 is 0. The molecule has 6 heteroatoms. The smallest absolute Gasteiger partial charge is 0.239 e. The third kappa shape index (κ3) is 4.27. The maximum Gasteiger partial charge on any atom is 0.239 e. The summed E-state index contributed by atoms with van der Waals surface area (Å²) in [5.74, 6) is -0.510. The van der Waals surface area contributed by atoms with E-state index < -0.39 is 0 Å². The zero-order valence-corrected chi connectivity index (χ0v) is 13.0. The summed E-state index contributed by atoms with van der Waals surface area (Å²) in [5.41, 5.74) is 0.540. The molecule has 1 aliphatic rings. The summed E-state index contributed by atoms with van der Waals surface area (Å²) in [4.78, 5) is 27.8. The first-order valence-corrected chi connectivity index (χ1v) is 7.52. The molecular weight excluding hydrogens is 285 g/mol. The van der Waals surface area contributed by atoms with Gasteiger partial charge in [-0.05, 0) is 51.1 Å². The van der Waals surface area contributed by atoms with E-state index in [9.17, 15) is 14.0 Å². The molecule has 2 rings (SSSR count). The van der Waals surface area contributed by atoms with Crippen LogP contribution in [-0.4, -0.2) is 54.3 Å². The molecule has 1 aromatic rings. The molecule has 1 aromatic carbocycles. The minimum Gasteiger partial charge on any atom is -0.341 e. The van der Waals surface area contributed by atoms with Crippen LogP contribution in [0.1, 0.15) is 19.8 Å². The number of carbonyl (C=O) groups is 2. The summed E-state index contributed by atoms with van der Waals surface area (Å²) in [7, 11) is 1.75. The number of halogens is 1. The second kappa shape index (κ2) is 7.35. The Balaban J connectivity index is 1.84. The lowest BCUT2D eigenvalue weighted by molar-refractivity contribution is -0.135. The van der Waals surface area contributed by atoms with E-state index in [0.29, 0.717) is 5.69 Å². The van der Waals surface area contributed by atoms with Crippen molar-refractivity contribution in [2.45, 2.75) is 25.8 Å². The quantitative estimate of drug-likeness (QED) is 0.901. The van der Waals surface area contributed by atoms with Crippen LogP contribution in [0.15, 0.2) is 24.3 Å². The van der Waals surface area contributed by atoms with Gasteiger partial charge in [0.1, 0.15) is 5.82 Å². The third-order valence-electron chi connectivity index (χ3n) is 3.96. The first kappa shape index (κ1) is 16.4. The van der Waals surface area contributed by atoms with Crippen LogP contribution in [0, 0.1) is 5.82 Å². The van der Waals surface area contributed by atoms with Crippen molar-refractivity contribution in [2.75, 3.05) is 32.0 Å². The molecule has 120 valence electrons. The predicted molar refractivity (Wildman–Crippen MR) is 82.9 cm³/mol. The Morgan fingerprint density at radius 1 is 1.27 bits per heavy atom. The van der Waals surface area contributed by atoms with Crippen molar-refractivity contribution >= 4 is 17.5 Å². The molecule has 5 nitrogen and oxygen atoms in total. The highest BCUT2D eigenvalue weighted by Gasteiger charge is 2.26. The number of hydrogen-bond acceptors (Lipinski definition) is 3. The van der Waals surface area contributed by atoms with Crippen molar-refractivity contribution in [3.63, 3.8) is 0 Å². The molecule has 1 aliphatic heterocycles. The average molecular weight is 307 g/mol. The van der Waals surface area contributed by atoms with Gasteiger partial charge in [0.25, 0.3) is 0 Å². The molecule has 22 heavy (non-hydrogen) atoms. The number of amides is 2. The van der Waals surface area contributed by atoms with Gasteiger partial charge in [0.05, 0.1) is 12.6 Å². The van der Waals surface area contributed by atoms with Gasteiger partial charge in [-0.15, -0.1) is 0 Å². The number of anilines is 1. The maximum atomic E-state index is 12.8. The van der Waals surface area contributed by atoms with Gasteiger partial charge in [0.2, 0.25) is 11.8 Å². The molecular formula is C16H22FN3O2. The SMILES string of the molecule is C[C@H](C(=O)N1CCCC1)N(C)CC(=O)Nc1ccc(F)cc1. The van der Waals surface area contributed by atoms with Crippen molar-refractivity contribution in [3.8, 4) is 0 Å². The fourth-order valence-electron chi connectivity index (χ4n) is 2.49. The van der Waals surface area contributed by atoms with E-state index >= 15 is 0 Å². The van der Waals surface area contributed by atoms with Crippen LogP contribution in [0.25, 0.3) is 0 Å². The number of carbonyl (C=O) groups excluding carboxylic acids is 2. The minimum atomic E-state index is -0.347. The fourth-order valence-corrected chi connectivity index (χ4v) is 2.49. The number of hydrogen-bond donors (Lipinski definition) is 1. The van der Waals surface area contributed by atoms with Crippen LogP contribution in [-0.2, 0) is 9.59 Å². The molecule has 1 N–H and O–H groups in total. The van der Waals surface area contributed by atoms with Gasteiger partial charge >= 0.3 is 0 Å². The van der Waals surface area contributed by atoms with Crippen molar-refractivity contribution in [2.24, 2.45) is 0 Å². The normalized spacial score (nSPS) is 15.9. The number of nitrogens with zero attached hydrogens (tertiary/aromatic N) is 2. The van der Waals surface area contributed by atoms with E-state index in [-0.39, 0.29) is 30.2 Å². The van der Waals surface area contributed by atoms with Crippen LogP contribution in [0.2, 0.25) is 0 Å². The van der Waals surface area contributed by atoms with E-state index in [4.69, 9.17) is 0 Å². The van der Waals surface area contributed by atoms with Crippen molar-refractivity contribution in [1.29, 1.82) is 0 Å². The fraction of sp³-hybridized carbons (Fsp3) is 0.500. The van der Waals surface area contributed by atoms with E-state index in [1.807, 2.05) is 11.8 Å². The summed E-state index contributed by atoms with van der Waals surface area (Å²) in [6.07, 6.45) is 2.10. The molecule has 1 heterocycles. The molecule has 1 atom stereocenters. The molecule has 0 aromatic heterocycles. The standard InChI is InChI=1S/C16H22FN3O2/c1-12(16(22)20-9-3-4-10-20)19(2)11-15(21)18-14-7-5-13(17)6-8-14/h5-8,12H,3-4,9-11H2,1-2H3,(H,18,21)/t12-/m1/s1. The van der Waals surface area contributed by atoms with Gasteiger partial charge < -0.3 is 10.2 Å². The molecule has 0 aliphatic carbocycles. The number of likely N-dealkylation sites (tertiary alicyclic amines) is 1. The summed E-state index contributed by atoms with van der Waals surface area (Å²) in [6.45, 7) is 3.53. The van der Waals surface area contributed by atoms with E-state index in [2.05, 4.69) is 5.32 Å². The van der Waals surface area contributed by atoms with Crippen LogP contribution < -0.4 is 5.32 Å². The third-order valence-corrected chi connectivity index (χ3v) is 3.96. The van der Waals surface area contributed by atoms with Crippen LogP contribution in [0.3, 0.4) is 0 Å². The lowest BCUT2D eigenvalue weighted by Crippen LogP contribution is -2.46. The Labute approximate surface area is 130 Å². The predicted octanol–water partition coefficient (Wildman–Crippen LogP) is 1.71. The number of benzene rings is 1. The van der Waals surface area contributed by atoms with Crippen LogP contribution in [0.4, 0.5) is 10.1 Å². The summed E-state index contributed by atoms with van der Waals surface area (Å²) in [6, 6.07) is 5.26. The first-order valence-electron chi connectivity index (χ1n) is 7.52. The zero-order chi connectivity index (χ0) is 16.1. The molecule has 0 radical (unpaired) electrons. The zero-order valence-electron chi connectivity index (χ0n) is 13.0. The molecule has 1 fully saturated rings. The van der Waals surface area contributed by atoms with E-state index in [0.717, 1.165) is 25.9 Å². The second-order valence-corrected chi connectivity index (χ2v) is 5.68. The Bertz CT molecular complexity index is 527. The molecule has 0 saturated carbocycles. The largest absolute Gasteiger partial charge is 0.341 e. The lowest BCUT2D eigenvalue weighted by atomic mass is 10.2. The first-order chi connectivity index (χ1) is 10.5. The Kier molecular flexibility index (Phi) is 5.49.